The molecule has 29 heavy (non-hydrogen) atoms. The van der Waals surface area contributed by atoms with Gasteiger partial charge in [-0.2, -0.15) is 0 Å². The van der Waals surface area contributed by atoms with Crippen LogP contribution in [0.1, 0.15) is 18.5 Å². The summed E-state index contributed by atoms with van der Waals surface area (Å²) in [7, 11) is -3.55. The Bertz CT molecular complexity index is 1040. The van der Waals surface area contributed by atoms with Gasteiger partial charge in [-0.25, -0.2) is 8.42 Å². The minimum absolute atomic E-state index is 0.0878. The van der Waals surface area contributed by atoms with Crippen LogP contribution in [0.2, 0.25) is 0 Å². The third-order valence-corrected chi connectivity index (χ3v) is 6.00. The van der Waals surface area contributed by atoms with Crippen LogP contribution in [0.4, 0.5) is 5.69 Å². The van der Waals surface area contributed by atoms with Gasteiger partial charge in [0.1, 0.15) is 19.0 Å². The van der Waals surface area contributed by atoms with Crippen LogP contribution in [-0.4, -0.2) is 46.4 Å². The monoisotopic (exact) mass is 418 g/mol. The Kier molecular flexibility index (Phi) is 4.99. The van der Waals surface area contributed by atoms with Crippen LogP contribution in [0.3, 0.4) is 0 Å². The summed E-state index contributed by atoms with van der Waals surface area (Å²) >= 11 is 0. The molecule has 9 heteroatoms. The van der Waals surface area contributed by atoms with Crippen molar-refractivity contribution in [2.24, 2.45) is 0 Å². The lowest BCUT2D eigenvalue weighted by atomic mass is 10.1. The number of anilines is 1. The average molecular weight is 418 g/mol. The van der Waals surface area contributed by atoms with E-state index in [1.807, 2.05) is 25.1 Å². The van der Waals surface area contributed by atoms with Gasteiger partial charge in [-0.1, -0.05) is 18.2 Å². The number of benzene rings is 2. The topological polar surface area (TPSA) is 94.2 Å². The molecule has 0 aromatic heterocycles. The number of nitrogens with zero attached hydrogens (tertiary/aromatic N) is 1. The molecular weight excluding hydrogens is 396 g/mol. The van der Waals surface area contributed by atoms with Crippen LogP contribution in [0.25, 0.3) is 0 Å². The van der Waals surface area contributed by atoms with Crippen molar-refractivity contribution >= 4 is 21.6 Å². The molecule has 0 saturated heterocycles. The normalized spacial score (nSPS) is 19.0. The largest absolute Gasteiger partial charge is 0.486 e. The lowest BCUT2D eigenvalue weighted by Gasteiger charge is -2.34. The molecule has 2 heterocycles. The molecule has 0 radical (unpaired) electrons. The van der Waals surface area contributed by atoms with Crippen LogP contribution < -0.4 is 23.8 Å². The van der Waals surface area contributed by atoms with Gasteiger partial charge in [-0.3, -0.25) is 9.10 Å². The van der Waals surface area contributed by atoms with Gasteiger partial charge in [-0.05, 0) is 36.8 Å². The number of para-hydroxylation sites is 2. The maximum Gasteiger partial charge on any atom is 0.263 e. The number of sulfonamides is 1. The summed E-state index contributed by atoms with van der Waals surface area (Å²) in [6.45, 7) is 2.74. The fourth-order valence-corrected chi connectivity index (χ4v) is 4.29. The Morgan fingerprint density at radius 3 is 2.59 bits per heavy atom. The van der Waals surface area contributed by atoms with Crippen molar-refractivity contribution in [3.05, 3.63) is 48.0 Å². The van der Waals surface area contributed by atoms with Gasteiger partial charge in [-0.15, -0.1) is 0 Å². The molecule has 0 aliphatic carbocycles. The smallest absolute Gasteiger partial charge is 0.263 e. The lowest BCUT2D eigenvalue weighted by molar-refractivity contribution is -0.128. The number of nitrogens with one attached hydrogen (secondary N) is 1. The first-order valence-corrected chi connectivity index (χ1v) is 11.1. The van der Waals surface area contributed by atoms with Gasteiger partial charge >= 0.3 is 0 Å². The minimum atomic E-state index is -3.55. The van der Waals surface area contributed by atoms with Crippen LogP contribution in [-0.2, 0) is 14.8 Å². The number of hydrogen-bond acceptors (Lipinski definition) is 6. The number of fused-ring (bicyclic) bond motifs is 2. The maximum atomic E-state index is 12.8. The van der Waals surface area contributed by atoms with Crippen LogP contribution >= 0.6 is 0 Å². The van der Waals surface area contributed by atoms with E-state index < -0.39 is 22.0 Å². The highest BCUT2D eigenvalue weighted by molar-refractivity contribution is 7.92. The Balaban J connectivity index is 1.51. The predicted octanol–water partition coefficient (Wildman–Crippen LogP) is 1.86. The second-order valence-corrected chi connectivity index (χ2v) is 8.91. The first-order valence-electron chi connectivity index (χ1n) is 9.26. The maximum absolute atomic E-state index is 12.8. The van der Waals surface area contributed by atoms with Crippen molar-refractivity contribution < 1.29 is 27.4 Å². The summed E-state index contributed by atoms with van der Waals surface area (Å²) in [6.07, 6.45) is 0.154. The molecule has 0 unspecified atom stereocenters. The standard InChI is InChI=1S/C20H22N2O6S/c1-13(14-7-8-17-18(11-14)27-10-9-26-17)21-20(23)19-12-22(29(2,24)25)15-5-3-4-6-16(15)28-19/h3-8,11,13,19H,9-10,12H2,1-2H3,(H,21,23)/t13-,19-/m0/s1. The molecule has 0 spiro atoms. The fourth-order valence-electron chi connectivity index (χ4n) is 3.37. The Morgan fingerprint density at radius 2 is 1.83 bits per heavy atom. The van der Waals surface area contributed by atoms with Crippen molar-refractivity contribution in [3.8, 4) is 17.2 Å². The van der Waals surface area contributed by atoms with E-state index in [1.54, 1.807) is 24.3 Å². The molecule has 0 fully saturated rings. The molecule has 1 N–H and O–H groups in total. The van der Waals surface area contributed by atoms with E-state index in [9.17, 15) is 13.2 Å². The molecule has 8 nitrogen and oxygen atoms in total. The van der Waals surface area contributed by atoms with E-state index >= 15 is 0 Å². The van der Waals surface area contributed by atoms with Gasteiger partial charge in [0, 0.05) is 0 Å². The van der Waals surface area contributed by atoms with Gasteiger partial charge in [0.05, 0.1) is 24.5 Å². The van der Waals surface area contributed by atoms with Crippen molar-refractivity contribution in [3.63, 3.8) is 0 Å². The summed E-state index contributed by atoms with van der Waals surface area (Å²) in [5.74, 6) is 1.28. The molecule has 2 aromatic rings. The third kappa shape index (κ3) is 3.95. The zero-order chi connectivity index (χ0) is 20.6. The van der Waals surface area contributed by atoms with Crippen LogP contribution in [0.15, 0.2) is 42.5 Å². The van der Waals surface area contributed by atoms with Gasteiger partial charge in [0.25, 0.3) is 5.91 Å². The second-order valence-electron chi connectivity index (χ2n) is 7.00. The van der Waals surface area contributed by atoms with Crippen LogP contribution in [0.5, 0.6) is 17.2 Å². The molecular formula is C20H22N2O6S. The molecule has 2 aliphatic heterocycles. The number of carbonyl (C=O) groups is 1. The zero-order valence-corrected chi connectivity index (χ0v) is 16.9. The number of amides is 1. The predicted molar refractivity (Wildman–Crippen MR) is 107 cm³/mol. The van der Waals surface area contributed by atoms with Crippen molar-refractivity contribution in [2.75, 3.05) is 30.3 Å². The molecule has 2 atom stereocenters. The van der Waals surface area contributed by atoms with Gasteiger partial charge in [0.15, 0.2) is 17.6 Å². The lowest BCUT2D eigenvalue weighted by Crippen LogP contribution is -2.50. The van der Waals surface area contributed by atoms with Crippen molar-refractivity contribution in [1.29, 1.82) is 0 Å². The third-order valence-electron chi connectivity index (χ3n) is 4.85. The average Bonchev–Trinajstić information content (AvgIpc) is 2.71. The number of ether oxygens (including phenoxy) is 3. The van der Waals surface area contributed by atoms with E-state index in [0.29, 0.717) is 36.1 Å². The Morgan fingerprint density at radius 1 is 1.10 bits per heavy atom. The van der Waals surface area contributed by atoms with Gasteiger partial charge < -0.3 is 19.5 Å². The highest BCUT2D eigenvalue weighted by Crippen LogP contribution is 2.35. The summed E-state index contributed by atoms with van der Waals surface area (Å²) in [4.78, 5) is 12.8. The number of hydrogen-bond donors (Lipinski definition) is 1. The van der Waals surface area contributed by atoms with Gasteiger partial charge in [0.2, 0.25) is 10.0 Å². The quantitative estimate of drug-likeness (QED) is 0.815. The van der Waals surface area contributed by atoms with E-state index in [0.717, 1.165) is 11.8 Å². The summed E-state index contributed by atoms with van der Waals surface area (Å²) in [6, 6.07) is 11.9. The zero-order valence-electron chi connectivity index (χ0n) is 16.1. The van der Waals surface area contributed by atoms with Crippen LogP contribution in [0, 0.1) is 0 Å². The molecule has 154 valence electrons. The molecule has 1 amide bonds. The van der Waals surface area contributed by atoms with Crippen molar-refractivity contribution in [2.45, 2.75) is 19.1 Å². The van der Waals surface area contributed by atoms with Crippen molar-refractivity contribution in [1.82, 2.24) is 5.32 Å². The van der Waals surface area contributed by atoms with E-state index in [4.69, 9.17) is 14.2 Å². The number of rotatable bonds is 4. The Hall–Kier alpha value is -2.94. The molecule has 4 rings (SSSR count). The summed E-state index contributed by atoms with van der Waals surface area (Å²) in [5, 5.41) is 2.89. The highest BCUT2D eigenvalue weighted by Gasteiger charge is 2.35. The SMILES string of the molecule is C[C@H](NC(=O)[C@@H]1CN(S(C)(=O)=O)c2ccccc2O1)c1ccc2c(c1)OCCO2. The highest BCUT2D eigenvalue weighted by atomic mass is 32.2. The first kappa shape index (κ1) is 19.4. The first-order chi connectivity index (χ1) is 13.8. The number of carbonyl (C=O) groups excluding carboxylic acids is 1. The molecule has 0 saturated carbocycles. The summed E-state index contributed by atoms with van der Waals surface area (Å²) in [5.41, 5.74) is 1.28. The Labute approximate surface area is 169 Å². The molecule has 0 bridgehead atoms. The fraction of sp³-hybridized carbons (Fsp3) is 0.350. The summed E-state index contributed by atoms with van der Waals surface area (Å²) < 4.78 is 42.5. The second kappa shape index (κ2) is 7.47. The van der Waals surface area contributed by atoms with E-state index in [1.165, 1.54) is 4.31 Å². The molecule has 2 aromatic carbocycles. The molecule has 2 aliphatic rings. The van der Waals surface area contributed by atoms with E-state index in [2.05, 4.69) is 5.32 Å². The minimum Gasteiger partial charge on any atom is -0.486 e. The van der Waals surface area contributed by atoms with E-state index in [-0.39, 0.29) is 12.6 Å².